The third kappa shape index (κ3) is 5.76. The third-order valence-electron chi connectivity index (χ3n) is 6.54. The lowest BCUT2D eigenvalue weighted by Crippen LogP contribution is -2.38. The fourth-order valence-corrected chi connectivity index (χ4v) is 6.45. The van der Waals surface area contributed by atoms with E-state index < -0.39 is 10.0 Å². The summed E-state index contributed by atoms with van der Waals surface area (Å²) in [7, 11) is -1.77. The van der Waals surface area contributed by atoms with Gasteiger partial charge in [-0.05, 0) is 68.7 Å². The van der Waals surface area contributed by atoms with Crippen LogP contribution >= 0.6 is 0 Å². The van der Waals surface area contributed by atoms with E-state index in [4.69, 9.17) is 0 Å². The minimum Gasteiger partial charge on any atom is -0.370 e. The number of hydrogen-bond donors (Lipinski definition) is 1. The minimum absolute atomic E-state index is 0.235. The summed E-state index contributed by atoms with van der Waals surface area (Å²) in [5.74, 6) is -0.235. The number of sulfonamides is 1. The molecule has 0 bridgehead atoms. The summed E-state index contributed by atoms with van der Waals surface area (Å²) in [4.78, 5) is 15.3. The van der Waals surface area contributed by atoms with E-state index in [1.54, 1.807) is 21.1 Å². The van der Waals surface area contributed by atoms with Crippen molar-refractivity contribution in [1.29, 1.82) is 0 Å². The van der Waals surface area contributed by atoms with Crippen molar-refractivity contribution in [2.24, 2.45) is 7.05 Å². The van der Waals surface area contributed by atoms with Gasteiger partial charge >= 0.3 is 0 Å². The Morgan fingerprint density at radius 2 is 1.73 bits per heavy atom. The Morgan fingerprint density at radius 1 is 1.03 bits per heavy atom. The molecule has 9 heteroatoms. The molecule has 0 spiro atoms. The Labute approximate surface area is 197 Å². The van der Waals surface area contributed by atoms with E-state index in [0.717, 1.165) is 69.3 Å². The number of nitrogens with one attached hydrogen (secondary N) is 1. The van der Waals surface area contributed by atoms with Crippen molar-refractivity contribution in [3.8, 4) is 0 Å². The van der Waals surface area contributed by atoms with Crippen LogP contribution in [0.2, 0.25) is 0 Å². The summed E-state index contributed by atoms with van der Waals surface area (Å²) in [6.07, 6.45) is 11.5. The van der Waals surface area contributed by atoms with Gasteiger partial charge in [0.1, 0.15) is 4.90 Å². The predicted octanol–water partition coefficient (Wildman–Crippen LogP) is 2.95. The smallest absolute Gasteiger partial charge is 0.251 e. The normalized spacial score (nSPS) is 17.8. The van der Waals surface area contributed by atoms with Crippen LogP contribution in [-0.2, 0) is 23.5 Å². The summed E-state index contributed by atoms with van der Waals surface area (Å²) >= 11 is 0. The lowest BCUT2D eigenvalue weighted by atomic mass is 10.1. The SMILES string of the molecule is Cn1cc(CCCNC(=O)c2ccc(N3CCCCC3)c(S(=O)(=O)N3CCCCC3)c2)cn1. The van der Waals surface area contributed by atoms with Crippen LogP contribution in [0.3, 0.4) is 0 Å². The highest BCUT2D eigenvalue weighted by Crippen LogP contribution is 2.32. The summed E-state index contributed by atoms with van der Waals surface area (Å²) in [6, 6.07) is 5.17. The molecule has 180 valence electrons. The van der Waals surface area contributed by atoms with Gasteiger partial charge in [-0.2, -0.15) is 9.40 Å². The number of carbonyl (C=O) groups is 1. The zero-order chi connectivity index (χ0) is 23.3. The Balaban J connectivity index is 1.51. The van der Waals surface area contributed by atoms with E-state index in [2.05, 4.69) is 15.3 Å². The van der Waals surface area contributed by atoms with Crippen molar-refractivity contribution in [2.45, 2.75) is 56.3 Å². The quantitative estimate of drug-likeness (QED) is 0.596. The van der Waals surface area contributed by atoms with Gasteiger partial charge in [0.2, 0.25) is 10.0 Å². The molecule has 3 heterocycles. The van der Waals surface area contributed by atoms with Crippen LogP contribution in [0.15, 0.2) is 35.5 Å². The first-order valence-electron chi connectivity index (χ1n) is 12.1. The molecular formula is C24H35N5O3S. The third-order valence-corrected chi connectivity index (χ3v) is 8.47. The van der Waals surface area contributed by atoms with Gasteiger partial charge in [-0.15, -0.1) is 0 Å². The molecule has 0 aliphatic carbocycles. The number of nitrogens with zero attached hydrogens (tertiary/aromatic N) is 4. The highest BCUT2D eigenvalue weighted by Gasteiger charge is 2.31. The average Bonchev–Trinajstić information content (AvgIpc) is 3.27. The van der Waals surface area contributed by atoms with Gasteiger partial charge in [0.15, 0.2) is 0 Å². The fourth-order valence-electron chi connectivity index (χ4n) is 4.70. The molecule has 2 aliphatic rings. The summed E-state index contributed by atoms with van der Waals surface area (Å²) in [6.45, 7) is 3.32. The number of hydrogen-bond acceptors (Lipinski definition) is 5. The van der Waals surface area contributed by atoms with Crippen molar-refractivity contribution >= 4 is 21.6 Å². The zero-order valence-corrected chi connectivity index (χ0v) is 20.3. The highest BCUT2D eigenvalue weighted by molar-refractivity contribution is 7.89. The molecule has 1 aromatic carbocycles. The number of amides is 1. The highest BCUT2D eigenvalue weighted by atomic mass is 32.2. The second kappa shape index (κ2) is 10.7. The molecule has 1 aromatic heterocycles. The van der Waals surface area contributed by atoms with Gasteiger partial charge in [-0.3, -0.25) is 9.48 Å². The van der Waals surface area contributed by atoms with Gasteiger partial charge in [0, 0.05) is 51.5 Å². The Hall–Kier alpha value is -2.39. The number of anilines is 1. The molecule has 0 radical (unpaired) electrons. The van der Waals surface area contributed by atoms with Crippen LogP contribution in [0, 0.1) is 0 Å². The predicted molar refractivity (Wildman–Crippen MR) is 129 cm³/mol. The van der Waals surface area contributed by atoms with Gasteiger partial charge in [0.05, 0.1) is 11.9 Å². The molecule has 0 saturated carbocycles. The minimum atomic E-state index is -3.65. The van der Waals surface area contributed by atoms with E-state index in [1.165, 1.54) is 6.42 Å². The maximum absolute atomic E-state index is 13.6. The van der Waals surface area contributed by atoms with Crippen LogP contribution in [0.25, 0.3) is 0 Å². The lowest BCUT2D eigenvalue weighted by Gasteiger charge is -2.33. The number of piperidine rings is 2. The van der Waals surface area contributed by atoms with Crippen LogP contribution < -0.4 is 10.2 Å². The Kier molecular flexibility index (Phi) is 7.70. The molecule has 8 nitrogen and oxygen atoms in total. The molecule has 2 saturated heterocycles. The van der Waals surface area contributed by atoms with Crippen molar-refractivity contribution in [2.75, 3.05) is 37.6 Å². The van der Waals surface area contributed by atoms with E-state index in [-0.39, 0.29) is 10.8 Å². The molecule has 2 aliphatic heterocycles. The molecule has 0 unspecified atom stereocenters. The number of aryl methyl sites for hydroxylation is 2. The van der Waals surface area contributed by atoms with Gasteiger partial charge in [-0.1, -0.05) is 6.42 Å². The first-order valence-corrected chi connectivity index (χ1v) is 13.5. The van der Waals surface area contributed by atoms with Crippen LogP contribution in [0.1, 0.15) is 60.9 Å². The van der Waals surface area contributed by atoms with Crippen molar-refractivity contribution in [1.82, 2.24) is 19.4 Å². The zero-order valence-electron chi connectivity index (χ0n) is 19.5. The first-order chi connectivity index (χ1) is 15.9. The van der Waals surface area contributed by atoms with E-state index in [0.29, 0.717) is 25.2 Å². The van der Waals surface area contributed by atoms with E-state index in [9.17, 15) is 13.2 Å². The summed E-state index contributed by atoms with van der Waals surface area (Å²) in [5.41, 5.74) is 2.26. The number of rotatable bonds is 8. The fraction of sp³-hybridized carbons (Fsp3) is 0.583. The summed E-state index contributed by atoms with van der Waals surface area (Å²) < 4.78 is 30.6. The first kappa shape index (κ1) is 23.8. The van der Waals surface area contributed by atoms with Gasteiger partial charge in [-0.25, -0.2) is 8.42 Å². The monoisotopic (exact) mass is 473 g/mol. The topological polar surface area (TPSA) is 87.5 Å². The molecular weight excluding hydrogens is 438 g/mol. The van der Waals surface area contributed by atoms with E-state index >= 15 is 0 Å². The average molecular weight is 474 g/mol. The Morgan fingerprint density at radius 3 is 2.39 bits per heavy atom. The second-order valence-corrected chi connectivity index (χ2v) is 11.0. The number of benzene rings is 1. The Bertz CT molecular complexity index is 1050. The molecule has 1 amide bonds. The largest absolute Gasteiger partial charge is 0.370 e. The van der Waals surface area contributed by atoms with Crippen LogP contribution in [0.5, 0.6) is 0 Å². The van der Waals surface area contributed by atoms with Gasteiger partial charge in [0.25, 0.3) is 5.91 Å². The van der Waals surface area contributed by atoms with E-state index in [1.807, 2.05) is 25.5 Å². The molecule has 2 fully saturated rings. The second-order valence-electron chi connectivity index (χ2n) is 9.08. The maximum atomic E-state index is 13.6. The standard InChI is InChI=1S/C24H35N5O3S/c1-27-19-20(18-26-27)9-8-12-25-24(30)21-10-11-22(28-13-4-2-5-14-28)23(17-21)33(31,32)29-15-6-3-7-16-29/h10-11,17-19H,2-9,12-16H2,1H3,(H,25,30). The maximum Gasteiger partial charge on any atom is 0.251 e. The van der Waals surface area contributed by atoms with Gasteiger partial charge < -0.3 is 10.2 Å². The molecule has 33 heavy (non-hydrogen) atoms. The van der Waals surface area contributed by atoms with Crippen molar-refractivity contribution < 1.29 is 13.2 Å². The van der Waals surface area contributed by atoms with Crippen molar-refractivity contribution in [3.63, 3.8) is 0 Å². The van der Waals surface area contributed by atoms with Crippen molar-refractivity contribution in [3.05, 3.63) is 41.7 Å². The number of aromatic nitrogens is 2. The lowest BCUT2D eigenvalue weighted by molar-refractivity contribution is 0.0953. The van der Waals surface area contributed by atoms with Crippen LogP contribution in [0.4, 0.5) is 5.69 Å². The molecule has 0 atom stereocenters. The van der Waals surface area contributed by atoms with Crippen LogP contribution in [-0.4, -0.2) is 61.1 Å². The molecule has 1 N–H and O–H groups in total. The molecule has 4 rings (SSSR count). The number of carbonyl (C=O) groups excluding carboxylic acids is 1. The summed E-state index contributed by atoms with van der Waals surface area (Å²) in [5, 5.41) is 7.11. The molecule has 2 aromatic rings.